The first-order valence-electron chi connectivity index (χ1n) is 9.55. The highest BCUT2D eigenvalue weighted by Crippen LogP contribution is 2.33. The van der Waals surface area contributed by atoms with E-state index in [-0.39, 0.29) is 12.1 Å². The molecule has 3 atom stereocenters. The van der Waals surface area contributed by atoms with E-state index in [1.54, 1.807) is 0 Å². The molecule has 0 aliphatic carbocycles. The molecule has 2 amide bonds. The second-order valence-electron chi connectivity index (χ2n) is 7.39. The molecule has 2 fully saturated rings. The summed E-state index contributed by atoms with van der Waals surface area (Å²) in [6.07, 6.45) is 2.21. The lowest BCUT2D eigenvalue weighted by molar-refractivity contribution is 0.0906. The summed E-state index contributed by atoms with van der Waals surface area (Å²) >= 11 is 0. The first kappa shape index (κ1) is 18.2. The van der Waals surface area contributed by atoms with Gasteiger partial charge in [0.2, 0.25) is 0 Å². The molecule has 0 unspecified atom stereocenters. The maximum atomic E-state index is 12.5. The Balaban J connectivity index is 1.46. The maximum absolute atomic E-state index is 12.5. The largest absolute Gasteiger partial charge is 0.373 e. The van der Waals surface area contributed by atoms with Gasteiger partial charge in [0.1, 0.15) is 0 Å². The van der Waals surface area contributed by atoms with Gasteiger partial charge in [-0.05, 0) is 37.9 Å². The third-order valence-electron chi connectivity index (χ3n) is 5.54. The van der Waals surface area contributed by atoms with Gasteiger partial charge in [0.05, 0.1) is 6.10 Å². The average molecular weight is 345 g/mol. The normalized spacial score (nSPS) is 26.4. The number of rotatable bonds is 6. The lowest BCUT2D eigenvalue weighted by Crippen LogP contribution is -2.41. The predicted molar refractivity (Wildman–Crippen MR) is 99.5 cm³/mol. The molecule has 5 nitrogen and oxygen atoms in total. The van der Waals surface area contributed by atoms with E-state index in [1.165, 1.54) is 5.56 Å². The van der Waals surface area contributed by atoms with Gasteiger partial charge >= 0.3 is 6.03 Å². The third-order valence-corrected chi connectivity index (χ3v) is 5.54. The minimum absolute atomic E-state index is 0.0837. The molecule has 1 N–H and O–H groups in total. The summed E-state index contributed by atoms with van der Waals surface area (Å²) in [6, 6.07) is 10.4. The van der Waals surface area contributed by atoms with E-state index in [0.717, 1.165) is 45.6 Å². The van der Waals surface area contributed by atoms with Crippen LogP contribution in [0.5, 0.6) is 0 Å². The highest BCUT2D eigenvalue weighted by molar-refractivity contribution is 5.74. The Labute approximate surface area is 151 Å². The average Bonchev–Trinajstić information content (AvgIpc) is 3.29. The quantitative estimate of drug-likeness (QED) is 0.862. The summed E-state index contributed by atoms with van der Waals surface area (Å²) in [6.45, 7) is 7.52. The van der Waals surface area contributed by atoms with Crippen molar-refractivity contribution in [2.45, 2.75) is 25.9 Å². The molecule has 0 spiro atoms. The molecule has 5 heteroatoms. The number of carbonyl (C=O) groups excluding carboxylic acids is 1. The Morgan fingerprint density at radius 3 is 2.88 bits per heavy atom. The number of carbonyl (C=O) groups is 1. The smallest absolute Gasteiger partial charge is 0.317 e. The Hall–Kier alpha value is -1.59. The molecular weight excluding hydrogens is 314 g/mol. The third kappa shape index (κ3) is 4.73. The Bertz CT molecular complexity index is 551. The van der Waals surface area contributed by atoms with E-state index in [0.29, 0.717) is 18.4 Å². The van der Waals surface area contributed by atoms with Crippen molar-refractivity contribution in [1.29, 1.82) is 0 Å². The highest BCUT2D eigenvalue weighted by atomic mass is 16.5. The molecule has 3 rings (SSSR count). The maximum Gasteiger partial charge on any atom is 0.317 e. The standard InChI is InChI=1S/C20H31N3O2/c1-3-22(2)14-16-9-11-23(15-16)20(24)21-13-18-10-12-25-19(18)17-7-5-4-6-8-17/h4-8,16,18-19H,3,9-15H2,1-2H3,(H,21,24)/t16-,18-,19+/m0/s1. The van der Waals surface area contributed by atoms with Crippen LogP contribution in [0.4, 0.5) is 4.79 Å². The molecular formula is C20H31N3O2. The number of hydrogen-bond donors (Lipinski definition) is 1. The van der Waals surface area contributed by atoms with Gasteiger partial charge in [-0.3, -0.25) is 0 Å². The number of benzene rings is 1. The van der Waals surface area contributed by atoms with Gasteiger partial charge in [-0.25, -0.2) is 4.79 Å². The lowest BCUT2D eigenvalue weighted by atomic mass is 9.95. The van der Waals surface area contributed by atoms with Crippen LogP contribution in [-0.4, -0.2) is 62.2 Å². The monoisotopic (exact) mass is 345 g/mol. The van der Waals surface area contributed by atoms with Crippen molar-refractivity contribution in [3.63, 3.8) is 0 Å². The van der Waals surface area contributed by atoms with Crippen LogP contribution in [0.25, 0.3) is 0 Å². The molecule has 25 heavy (non-hydrogen) atoms. The second kappa shape index (κ2) is 8.68. The molecule has 0 aromatic heterocycles. The molecule has 2 aliphatic heterocycles. The van der Waals surface area contributed by atoms with Crippen molar-refractivity contribution in [3.8, 4) is 0 Å². The number of urea groups is 1. The van der Waals surface area contributed by atoms with E-state index in [9.17, 15) is 4.79 Å². The van der Waals surface area contributed by atoms with Crippen molar-refractivity contribution in [1.82, 2.24) is 15.1 Å². The lowest BCUT2D eigenvalue weighted by Gasteiger charge is -2.23. The van der Waals surface area contributed by atoms with E-state index in [1.807, 2.05) is 23.1 Å². The van der Waals surface area contributed by atoms with Gasteiger partial charge in [0.25, 0.3) is 0 Å². The number of nitrogens with one attached hydrogen (secondary N) is 1. The minimum atomic E-state index is 0.0837. The van der Waals surface area contributed by atoms with Gasteiger partial charge in [0.15, 0.2) is 0 Å². The fourth-order valence-corrected chi connectivity index (χ4v) is 3.92. The molecule has 2 heterocycles. The second-order valence-corrected chi connectivity index (χ2v) is 7.39. The van der Waals surface area contributed by atoms with Crippen LogP contribution in [0.15, 0.2) is 30.3 Å². The number of amides is 2. The molecule has 138 valence electrons. The van der Waals surface area contributed by atoms with Gasteiger partial charge in [0, 0.05) is 38.7 Å². The SMILES string of the molecule is CCN(C)C[C@@H]1CCN(C(=O)NC[C@@H]2CCO[C@@H]2c2ccccc2)C1. The van der Waals surface area contributed by atoms with Crippen LogP contribution in [0.1, 0.15) is 31.4 Å². The van der Waals surface area contributed by atoms with Crippen LogP contribution in [-0.2, 0) is 4.74 Å². The summed E-state index contributed by atoms with van der Waals surface area (Å²) in [5, 5.41) is 3.15. The first-order valence-corrected chi connectivity index (χ1v) is 9.55. The molecule has 1 aromatic rings. The molecule has 2 aliphatic rings. The van der Waals surface area contributed by atoms with E-state index >= 15 is 0 Å². The van der Waals surface area contributed by atoms with Crippen LogP contribution in [0, 0.1) is 11.8 Å². The highest BCUT2D eigenvalue weighted by Gasteiger charge is 2.31. The zero-order valence-electron chi connectivity index (χ0n) is 15.5. The summed E-state index contributed by atoms with van der Waals surface area (Å²) in [4.78, 5) is 16.8. The minimum Gasteiger partial charge on any atom is -0.373 e. The van der Waals surface area contributed by atoms with E-state index in [2.05, 4.69) is 36.3 Å². The van der Waals surface area contributed by atoms with E-state index < -0.39 is 0 Å². The summed E-state index contributed by atoms with van der Waals surface area (Å²) in [5.41, 5.74) is 1.21. The van der Waals surface area contributed by atoms with Crippen molar-refractivity contribution in [3.05, 3.63) is 35.9 Å². The number of hydrogen-bond acceptors (Lipinski definition) is 3. The molecule has 0 bridgehead atoms. The molecule has 1 aromatic carbocycles. The number of nitrogens with zero attached hydrogens (tertiary/aromatic N) is 2. The van der Waals surface area contributed by atoms with Gasteiger partial charge in [-0.15, -0.1) is 0 Å². The molecule has 0 saturated carbocycles. The van der Waals surface area contributed by atoms with Crippen LogP contribution in [0.3, 0.4) is 0 Å². The van der Waals surface area contributed by atoms with Crippen LogP contribution in [0.2, 0.25) is 0 Å². The fourth-order valence-electron chi connectivity index (χ4n) is 3.92. The van der Waals surface area contributed by atoms with Gasteiger partial charge < -0.3 is 19.9 Å². The van der Waals surface area contributed by atoms with Crippen molar-refractivity contribution in [2.24, 2.45) is 11.8 Å². The van der Waals surface area contributed by atoms with Crippen molar-refractivity contribution < 1.29 is 9.53 Å². The molecule has 0 radical (unpaired) electrons. The van der Waals surface area contributed by atoms with Crippen molar-refractivity contribution >= 4 is 6.03 Å². The number of ether oxygens (including phenoxy) is 1. The van der Waals surface area contributed by atoms with Crippen LogP contribution < -0.4 is 5.32 Å². The van der Waals surface area contributed by atoms with E-state index in [4.69, 9.17) is 4.74 Å². The summed E-state index contributed by atoms with van der Waals surface area (Å²) in [5.74, 6) is 0.957. The zero-order chi connectivity index (χ0) is 17.6. The summed E-state index contributed by atoms with van der Waals surface area (Å²) < 4.78 is 5.91. The van der Waals surface area contributed by atoms with Crippen molar-refractivity contribution in [2.75, 3.05) is 46.4 Å². The van der Waals surface area contributed by atoms with Crippen LogP contribution >= 0.6 is 0 Å². The zero-order valence-corrected chi connectivity index (χ0v) is 15.5. The first-order chi connectivity index (χ1) is 12.2. The predicted octanol–water partition coefficient (Wildman–Crippen LogP) is 2.75. The topological polar surface area (TPSA) is 44.8 Å². The van der Waals surface area contributed by atoms with Gasteiger partial charge in [-0.2, -0.15) is 0 Å². The fraction of sp³-hybridized carbons (Fsp3) is 0.650. The molecule has 2 saturated heterocycles. The summed E-state index contributed by atoms with van der Waals surface area (Å²) in [7, 11) is 2.15. The number of likely N-dealkylation sites (tertiary alicyclic amines) is 1. The Morgan fingerprint density at radius 2 is 2.12 bits per heavy atom. The Kier molecular flexibility index (Phi) is 6.32. The van der Waals surface area contributed by atoms with Gasteiger partial charge in [-0.1, -0.05) is 37.3 Å². The Morgan fingerprint density at radius 1 is 1.32 bits per heavy atom.